The summed E-state index contributed by atoms with van der Waals surface area (Å²) in [6.07, 6.45) is 7.17. The number of rotatable bonds is 8. The molecule has 4 heterocycles. The number of likely N-dealkylation sites (tertiary alicyclic amines) is 1. The first-order valence-electron chi connectivity index (χ1n) is 17.8. The molecule has 0 saturated carbocycles. The average Bonchev–Trinajstić information content (AvgIpc) is 3.49. The number of carbonyl (C=O) groups excluding carboxylic acids is 2. The summed E-state index contributed by atoms with van der Waals surface area (Å²) in [5.41, 5.74) is 1.55. The van der Waals surface area contributed by atoms with Crippen molar-refractivity contribution in [3.63, 3.8) is 0 Å². The normalized spacial score (nSPS) is 24.4. The smallest absolute Gasteiger partial charge is 0.248 e. The molecular formula is C39H54FN5O2. The Bertz CT molecular complexity index is 1600. The van der Waals surface area contributed by atoms with Gasteiger partial charge >= 0.3 is 0 Å². The first-order chi connectivity index (χ1) is 22.2. The third-order valence-corrected chi connectivity index (χ3v) is 11.9. The molecule has 4 atom stereocenters. The summed E-state index contributed by atoms with van der Waals surface area (Å²) in [6.45, 7) is 15.8. The highest BCUT2D eigenvalue weighted by atomic mass is 19.1. The van der Waals surface area contributed by atoms with E-state index < -0.39 is 11.0 Å². The van der Waals surface area contributed by atoms with Crippen molar-refractivity contribution in [1.82, 2.24) is 24.7 Å². The number of nitrogens with one attached hydrogen (secondary N) is 1. The molecule has 0 radical (unpaired) electrons. The topological polar surface area (TPSA) is 70.5 Å². The molecule has 1 aromatic heterocycles. The fourth-order valence-corrected chi connectivity index (χ4v) is 8.63. The van der Waals surface area contributed by atoms with Gasteiger partial charge in [0.1, 0.15) is 17.2 Å². The second-order valence-electron chi connectivity index (χ2n) is 16.2. The van der Waals surface area contributed by atoms with Gasteiger partial charge in [-0.25, -0.2) is 9.37 Å². The average molecular weight is 644 g/mol. The van der Waals surface area contributed by atoms with E-state index in [9.17, 15) is 14.0 Å². The third kappa shape index (κ3) is 6.34. The molecule has 2 amide bonds. The number of imidazole rings is 1. The van der Waals surface area contributed by atoms with Crippen molar-refractivity contribution in [2.75, 3.05) is 19.6 Å². The Balaban J connectivity index is 1.18. The molecule has 3 fully saturated rings. The summed E-state index contributed by atoms with van der Waals surface area (Å²) < 4.78 is 17.2. The van der Waals surface area contributed by atoms with Crippen LogP contribution in [0.15, 0.2) is 48.5 Å². The van der Waals surface area contributed by atoms with E-state index in [0.717, 1.165) is 55.6 Å². The summed E-state index contributed by atoms with van der Waals surface area (Å²) in [5.74, 6) is 0.672. The molecule has 2 aromatic carbocycles. The van der Waals surface area contributed by atoms with E-state index in [-0.39, 0.29) is 29.0 Å². The quantitative estimate of drug-likeness (QED) is 0.282. The number of benzene rings is 2. The third-order valence-electron chi connectivity index (χ3n) is 11.9. The van der Waals surface area contributed by atoms with Crippen molar-refractivity contribution >= 4 is 22.8 Å². The van der Waals surface area contributed by atoms with Crippen LogP contribution in [-0.2, 0) is 15.0 Å². The highest BCUT2D eigenvalue weighted by Gasteiger charge is 2.47. The van der Waals surface area contributed by atoms with E-state index >= 15 is 0 Å². The van der Waals surface area contributed by atoms with Gasteiger partial charge in [-0.3, -0.25) is 14.5 Å². The zero-order valence-corrected chi connectivity index (χ0v) is 29.5. The molecule has 8 heteroatoms. The van der Waals surface area contributed by atoms with Gasteiger partial charge in [0, 0.05) is 36.6 Å². The number of nitrogens with zero attached hydrogens (tertiary/aromatic N) is 4. The summed E-state index contributed by atoms with van der Waals surface area (Å²) >= 11 is 0. The number of fused-ring (bicyclic) bond motifs is 3. The van der Waals surface area contributed by atoms with Crippen LogP contribution in [-0.4, -0.2) is 68.4 Å². The van der Waals surface area contributed by atoms with Crippen LogP contribution in [0.3, 0.4) is 0 Å². The lowest BCUT2D eigenvalue weighted by Gasteiger charge is -2.47. The number of hydrogen-bond acceptors (Lipinski definition) is 4. The Morgan fingerprint density at radius 3 is 2.26 bits per heavy atom. The Hall–Kier alpha value is -3.26. The van der Waals surface area contributed by atoms with Crippen LogP contribution in [0, 0.1) is 24.1 Å². The fourth-order valence-electron chi connectivity index (χ4n) is 8.63. The van der Waals surface area contributed by atoms with Crippen LogP contribution < -0.4 is 5.32 Å². The molecule has 0 aliphatic carbocycles. The van der Waals surface area contributed by atoms with Crippen LogP contribution in [0.25, 0.3) is 11.0 Å². The van der Waals surface area contributed by atoms with Gasteiger partial charge in [0.25, 0.3) is 0 Å². The molecule has 3 saturated heterocycles. The molecule has 3 aliphatic heterocycles. The first-order valence-corrected chi connectivity index (χ1v) is 17.8. The number of para-hydroxylation sites is 2. The number of piperidine rings is 2. The minimum absolute atomic E-state index is 0.0274. The molecule has 6 rings (SSSR count). The van der Waals surface area contributed by atoms with Crippen LogP contribution in [0.1, 0.15) is 104 Å². The molecule has 254 valence electrons. The van der Waals surface area contributed by atoms with Crippen molar-refractivity contribution < 1.29 is 14.0 Å². The summed E-state index contributed by atoms with van der Waals surface area (Å²) in [7, 11) is 0. The number of amides is 2. The zero-order valence-electron chi connectivity index (χ0n) is 29.5. The molecule has 7 nitrogen and oxygen atoms in total. The lowest BCUT2D eigenvalue weighted by Crippen LogP contribution is -2.63. The van der Waals surface area contributed by atoms with Gasteiger partial charge in [0.2, 0.25) is 11.8 Å². The van der Waals surface area contributed by atoms with E-state index in [1.165, 1.54) is 24.4 Å². The first kappa shape index (κ1) is 33.6. The van der Waals surface area contributed by atoms with Crippen molar-refractivity contribution in [3.05, 3.63) is 65.7 Å². The zero-order chi connectivity index (χ0) is 33.7. The van der Waals surface area contributed by atoms with Crippen molar-refractivity contribution in [1.29, 1.82) is 0 Å². The maximum Gasteiger partial charge on any atom is 0.248 e. The fraction of sp³-hybridized carbons (Fsp3) is 0.615. The molecule has 0 spiro atoms. The van der Waals surface area contributed by atoms with E-state index in [2.05, 4.69) is 52.0 Å². The molecule has 1 N–H and O–H groups in total. The molecule has 2 bridgehead atoms. The van der Waals surface area contributed by atoms with Gasteiger partial charge < -0.3 is 14.8 Å². The minimum Gasteiger partial charge on any atom is -0.341 e. The van der Waals surface area contributed by atoms with Gasteiger partial charge in [-0.15, -0.1) is 0 Å². The van der Waals surface area contributed by atoms with Gasteiger partial charge in [0.15, 0.2) is 0 Å². The second kappa shape index (κ2) is 12.6. The molecule has 3 aliphatic rings. The summed E-state index contributed by atoms with van der Waals surface area (Å²) in [6, 6.07) is 17.1. The lowest BCUT2D eigenvalue weighted by molar-refractivity contribution is -0.146. The van der Waals surface area contributed by atoms with E-state index in [1.54, 1.807) is 6.07 Å². The highest BCUT2D eigenvalue weighted by Crippen LogP contribution is 2.45. The Labute approximate surface area is 280 Å². The number of hydrogen-bond donors (Lipinski definition) is 1. The predicted octanol–water partition coefficient (Wildman–Crippen LogP) is 7.18. The molecular weight excluding hydrogens is 589 g/mol. The molecule has 3 aromatic rings. The molecule has 2 unspecified atom stereocenters. The standard InChI is InChI=1S/C39H54FN5O2/c1-26(2)38(7,42-35(46)37(4,5)6)36(47)43-20-17-39(18-21-43,28-11-10-12-29(40)23-28)19-22-44-30-15-16-31(44)25-32(24-30)45-27(3)41-33-13-8-9-14-34(33)45/h8-14,23,26,30-32H,15-22,24-25H2,1-7H3,(H,42,46)/t30-,31+,32?,38?. The van der Waals surface area contributed by atoms with Crippen LogP contribution in [0.5, 0.6) is 0 Å². The second-order valence-corrected chi connectivity index (χ2v) is 16.2. The number of carbonyl (C=O) groups is 2. The van der Waals surface area contributed by atoms with Gasteiger partial charge in [-0.1, -0.05) is 58.9 Å². The van der Waals surface area contributed by atoms with Crippen LogP contribution in [0.2, 0.25) is 0 Å². The van der Waals surface area contributed by atoms with Gasteiger partial charge in [-0.05, 0) is 106 Å². The van der Waals surface area contributed by atoms with E-state index in [0.29, 0.717) is 31.2 Å². The highest BCUT2D eigenvalue weighted by molar-refractivity contribution is 5.93. The Morgan fingerprint density at radius 1 is 0.979 bits per heavy atom. The predicted molar refractivity (Wildman–Crippen MR) is 186 cm³/mol. The van der Waals surface area contributed by atoms with Crippen molar-refractivity contribution in [2.24, 2.45) is 11.3 Å². The summed E-state index contributed by atoms with van der Waals surface area (Å²) in [4.78, 5) is 36.7. The Morgan fingerprint density at radius 2 is 1.64 bits per heavy atom. The van der Waals surface area contributed by atoms with Gasteiger partial charge in [0.05, 0.1) is 11.0 Å². The Kier molecular flexibility index (Phi) is 9.05. The van der Waals surface area contributed by atoms with Crippen LogP contribution in [0.4, 0.5) is 4.39 Å². The monoisotopic (exact) mass is 643 g/mol. The summed E-state index contributed by atoms with van der Waals surface area (Å²) in [5, 5.41) is 3.11. The minimum atomic E-state index is -0.994. The SMILES string of the molecule is Cc1nc2ccccc2n1C1C[C@H]2CC[C@@H](C1)N2CCC1(c2cccc(F)c2)CCN(C(=O)C(C)(NC(=O)C(C)(C)C)C(C)C)CC1. The number of aryl methyl sites for hydroxylation is 1. The van der Waals surface area contributed by atoms with Gasteiger partial charge in [-0.2, -0.15) is 0 Å². The van der Waals surface area contributed by atoms with E-state index in [1.807, 2.05) is 52.5 Å². The lowest BCUT2D eigenvalue weighted by atomic mass is 9.69. The van der Waals surface area contributed by atoms with E-state index in [4.69, 9.17) is 4.98 Å². The molecule has 47 heavy (non-hydrogen) atoms. The van der Waals surface area contributed by atoms with Crippen molar-refractivity contribution in [3.8, 4) is 0 Å². The number of halogens is 1. The van der Waals surface area contributed by atoms with Crippen molar-refractivity contribution in [2.45, 2.75) is 122 Å². The maximum absolute atomic E-state index is 14.7. The number of aromatic nitrogens is 2. The van der Waals surface area contributed by atoms with Crippen LogP contribution >= 0.6 is 0 Å². The largest absolute Gasteiger partial charge is 0.341 e. The maximum atomic E-state index is 14.7.